The minimum absolute atomic E-state index is 0.0527. The molecule has 2 aromatic heterocycles. The molecule has 21 heavy (non-hydrogen) atoms. The summed E-state index contributed by atoms with van der Waals surface area (Å²) in [5.74, 6) is 0.105. The normalized spacial score (nSPS) is 14.1. The lowest BCUT2D eigenvalue weighted by Gasteiger charge is -2.16. The SMILES string of the molecule is Cc1c(C(=O)N(C)Cc2cccs2)[nH]c2c1C(=O)CCC2. The molecule has 1 N–H and O–H groups in total. The predicted octanol–water partition coefficient (Wildman–Crippen LogP) is 3.18. The van der Waals surface area contributed by atoms with Gasteiger partial charge in [-0.25, -0.2) is 0 Å². The van der Waals surface area contributed by atoms with E-state index < -0.39 is 0 Å². The Bertz CT molecular complexity index is 685. The van der Waals surface area contributed by atoms with Crippen LogP contribution in [0.25, 0.3) is 0 Å². The summed E-state index contributed by atoms with van der Waals surface area (Å²) < 4.78 is 0. The van der Waals surface area contributed by atoms with E-state index >= 15 is 0 Å². The van der Waals surface area contributed by atoms with Crippen LogP contribution in [0.2, 0.25) is 0 Å². The number of H-pyrrole nitrogens is 1. The van der Waals surface area contributed by atoms with Gasteiger partial charge >= 0.3 is 0 Å². The highest BCUT2D eigenvalue weighted by molar-refractivity contribution is 7.09. The number of ketones is 1. The van der Waals surface area contributed by atoms with E-state index in [0.717, 1.165) is 34.5 Å². The van der Waals surface area contributed by atoms with E-state index in [1.165, 1.54) is 0 Å². The van der Waals surface area contributed by atoms with Gasteiger partial charge in [-0.3, -0.25) is 9.59 Å². The summed E-state index contributed by atoms with van der Waals surface area (Å²) in [6.07, 6.45) is 2.30. The molecule has 1 amide bonds. The zero-order valence-corrected chi connectivity index (χ0v) is 13.0. The van der Waals surface area contributed by atoms with Gasteiger partial charge in [0.1, 0.15) is 5.69 Å². The maximum atomic E-state index is 12.6. The quantitative estimate of drug-likeness (QED) is 0.946. The van der Waals surface area contributed by atoms with Crippen molar-refractivity contribution < 1.29 is 9.59 Å². The smallest absolute Gasteiger partial charge is 0.270 e. The van der Waals surface area contributed by atoms with Crippen LogP contribution in [0.3, 0.4) is 0 Å². The van der Waals surface area contributed by atoms with Crippen LogP contribution in [-0.4, -0.2) is 28.6 Å². The molecule has 0 saturated carbocycles. The second-order valence-electron chi connectivity index (χ2n) is 5.50. The molecule has 0 aromatic carbocycles. The molecule has 2 heterocycles. The van der Waals surface area contributed by atoms with Gasteiger partial charge in [0.05, 0.1) is 6.54 Å². The fraction of sp³-hybridized carbons (Fsp3) is 0.375. The highest BCUT2D eigenvalue weighted by Crippen LogP contribution is 2.27. The molecule has 0 bridgehead atoms. The molecule has 0 spiro atoms. The van der Waals surface area contributed by atoms with Gasteiger partial charge in [0.15, 0.2) is 5.78 Å². The third kappa shape index (κ3) is 2.53. The van der Waals surface area contributed by atoms with E-state index in [1.54, 1.807) is 23.3 Å². The van der Waals surface area contributed by atoms with Crippen molar-refractivity contribution in [1.82, 2.24) is 9.88 Å². The number of fused-ring (bicyclic) bond motifs is 1. The van der Waals surface area contributed by atoms with E-state index in [4.69, 9.17) is 0 Å². The fourth-order valence-electron chi connectivity index (χ4n) is 2.89. The molecule has 5 heteroatoms. The van der Waals surface area contributed by atoms with Crippen molar-refractivity contribution in [3.63, 3.8) is 0 Å². The Balaban J connectivity index is 1.86. The maximum absolute atomic E-state index is 12.6. The Morgan fingerprint density at radius 3 is 2.90 bits per heavy atom. The lowest BCUT2D eigenvalue weighted by Crippen LogP contribution is -2.26. The van der Waals surface area contributed by atoms with E-state index in [9.17, 15) is 9.59 Å². The van der Waals surface area contributed by atoms with Crippen molar-refractivity contribution in [3.05, 3.63) is 44.9 Å². The molecule has 3 rings (SSSR count). The second kappa shape index (κ2) is 5.48. The largest absolute Gasteiger partial charge is 0.354 e. The van der Waals surface area contributed by atoms with Crippen molar-refractivity contribution >= 4 is 23.0 Å². The lowest BCUT2D eigenvalue weighted by atomic mass is 9.94. The zero-order chi connectivity index (χ0) is 15.0. The van der Waals surface area contributed by atoms with Crippen LogP contribution in [0.1, 0.15) is 49.8 Å². The summed E-state index contributed by atoms with van der Waals surface area (Å²) in [6, 6.07) is 4.00. The minimum Gasteiger partial charge on any atom is -0.354 e. The molecule has 1 aliphatic carbocycles. The first kappa shape index (κ1) is 14.1. The number of Topliss-reactive ketones (excluding diaryl/α,β-unsaturated/α-hetero) is 1. The number of amides is 1. The molecule has 110 valence electrons. The van der Waals surface area contributed by atoms with E-state index in [0.29, 0.717) is 18.7 Å². The van der Waals surface area contributed by atoms with Crippen LogP contribution in [0, 0.1) is 6.92 Å². The topological polar surface area (TPSA) is 53.2 Å². The number of nitrogens with one attached hydrogen (secondary N) is 1. The Labute approximate surface area is 127 Å². The molecule has 0 fully saturated rings. The van der Waals surface area contributed by atoms with Gasteiger partial charge in [0.2, 0.25) is 0 Å². The first-order valence-electron chi connectivity index (χ1n) is 7.10. The number of carbonyl (C=O) groups excluding carboxylic acids is 2. The molecule has 0 radical (unpaired) electrons. The van der Waals surface area contributed by atoms with E-state index in [1.807, 2.05) is 24.4 Å². The number of aromatic nitrogens is 1. The predicted molar refractivity (Wildman–Crippen MR) is 82.9 cm³/mol. The molecular formula is C16H18N2O2S. The highest BCUT2D eigenvalue weighted by Gasteiger charge is 2.27. The van der Waals surface area contributed by atoms with Gasteiger partial charge in [0.25, 0.3) is 5.91 Å². The molecular weight excluding hydrogens is 284 g/mol. The summed E-state index contributed by atoms with van der Waals surface area (Å²) in [5.41, 5.74) is 3.04. The maximum Gasteiger partial charge on any atom is 0.270 e. The van der Waals surface area contributed by atoms with Crippen LogP contribution in [0.5, 0.6) is 0 Å². The number of thiophene rings is 1. The minimum atomic E-state index is -0.0527. The lowest BCUT2D eigenvalue weighted by molar-refractivity contribution is 0.0780. The Morgan fingerprint density at radius 2 is 2.24 bits per heavy atom. The molecule has 0 atom stereocenters. The Hall–Kier alpha value is -1.88. The fourth-order valence-corrected chi connectivity index (χ4v) is 3.64. The first-order valence-corrected chi connectivity index (χ1v) is 7.98. The summed E-state index contributed by atoms with van der Waals surface area (Å²) >= 11 is 1.64. The van der Waals surface area contributed by atoms with Gasteiger partial charge in [-0.2, -0.15) is 0 Å². The Morgan fingerprint density at radius 1 is 1.43 bits per heavy atom. The molecule has 0 saturated heterocycles. The van der Waals surface area contributed by atoms with Crippen molar-refractivity contribution in [2.24, 2.45) is 0 Å². The number of rotatable bonds is 3. The van der Waals surface area contributed by atoms with E-state index in [2.05, 4.69) is 4.98 Å². The van der Waals surface area contributed by atoms with Crippen molar-refractivity contribution in [2.45, 2.75) is 32.7 Å². The first-order chi connectivity index (χ1) is 10.1. The monoisotopic (exact) mass is 302 g/mol. The van der Waals surface area contributed by atoms with Crippen molar-refractivity contribution in [1.29, 1.82) is 0 Å². The van der Waals surface area contributed by atoms with Gasteiger partial charge in [0, 0.05) is 29.6 Å². The van der Waals surface area contributed by atoms with Crippen molar-refractivity contribution in [3.8, 4) is 0 Å². The summed E-state index contributed by atoms with van der Waals surface area (Å²) in [6.45, 7) is 2.46. The van der Waals surface area contributed by atoms with Crippen LogP contribution in [0.4, 0.5) is 0 Å². The van der Waals surface area contributed by atoms with E-state index in [-0.39, 0.29) is 11.7 Å². The average Bonchev–Trinajstić information content (AvgIpc) is 3.07. The van der Waals surface area contributed by atoms with Gasteiger partial charge in [-0.15, -0.1) is 11.3 Å². The van der Waals surface area contributed by atoms with Gasteiger partial charge in [-0.1, -0.05) is 6.07 Å². The molecule has 2 aromatic rings. The third-order valence-corrected chi connectivity index (χ3v) is 4.83. The Kier molecular flexibility index (Phi) is 3.68. The molecule has 4 nitrogen and oxygen atoms in total. The van der Waals surface area contributed by atoms with Crippen LogP contribution in [-0.2, 0) is 13.0 Å². The van der Waals surface area contributed by atoms with Gasteiger partial charge in [-0.05, 0) is 36.8 Å². The van der Waals surface area contributed by atoms with Crippen LogP contribution < -0.4 is 0 Å². The average molecular weight is 302 g/mol. The number of carbonyl (C=O) groups is 2. The molecule has 0 aliphatic heterocycles. The zero-order valence-electron chi connectivity index (χ0n) is 12.2. The standard InChI is InChI=1S/C16H18N2O2S/c1-10-14-12(6-3-7-13(14)19)17-15(10)16(20)18(2)9-11-5-4-8-21-11/h4-5,8,17H,3,6-7,9H2,1-2H3. The van der Waals surface area contributed by atoms with Crippen molar-refractivity contribution in [2.75, 3.05) is 7.05 Å². The van der Waals surface area contributed by atoms with Crippen LogP contribution >= 0.6 is 11.3 Å². The summed E-state index contributed by atoms with van der Waals surface area (Å²) in [4.78, 5) is 30.7. The number of nitrogens with zero attached hydrogens (tertiary/aromatic N) is 1. The summed E-state index contributed by atoms with van der Waals surface area (Å²) in [7, 11) is 1.79. The van der Waals surface area contributed by atoms with Gasteiger partial charge < -0.3 is 9.88 Å². The van der Waals surface area contributed by atoms with Crippen LogP contribution in [0.15, 0.2) is 17.5 Å². The number of hydrogen-bond acceptors (Lipinski definition) is 3. The highest BCUT2D eigenvalue weighted by atomic mass is 32.1. The summed E-state index contributed by atoms with van der Waals surface area (Å²) in [5, 5.41) is 2.00. The number of aromatic amines is 1. The molecule has 1 aliphatic rings. The number of hydrogen-bond donors (Lipinski definition) is 1. The molecule has 0 unspecified atom stereocenters. The second-order valence-corrected chi connectivity index (χ2v) is 6.53. The number of aryl methyl sites for hydroxylation is 1. The third-order valence-electron chi connectivity index (χ3n) is 3.97.